The van der Waals surface area contributed by atoms with Crippen LogP contribution in [0.15, 0.2) is 0 Å². The van der Waals surface area contributed by atoms with Gasteiger partial charge in [0.25, 0.3) is 0 Å². The molecule has 0 saturated carbocycles. The van der Waals surface area contributed by atoms with Crippen molar-refractivity contribution in [2.24, 2.45) is 0 Å². The van der Waals surface area contributed by atoms with E-state index in [9.17, 15) is 4.79 Å². The minimum absolute atomic E-state index is 0.0852. The number of aliphatic hydroxyl groups excluding tert-OH is 2. The van der Waals surface area contributed by atoms with Gasteiger partial charge in [0.15, 0.2) is 0 Å². The summed E-state index contributed by atoms with van der Waals surface area (Å²) in [5.41, 5.74) is 0. The van der Waals surface area contributed by atoms with Crippen molar-refractivity contribution < 1.29 is 15.0 Å². The Labute approximate surface area is 84.7 Å². The number of amides is 1. The lowest BCUT2D eigenvalue weighted by Crippen LogP contribution is -2.36. The van der Waals surface area contributed by atoms with E-state index < -0.39 is 0 Å². The zero-order chi connectivity index (χ0) is 11.0. The van der Waals surface area contributed by atoms with Crippen molar-refractivity contribution in [1.82, 2.24) is 10.2 Å². The molecule has 14 heavy (non-hydrogen) atoms. The van der Waals surface area contributed by atoms with Crippen LogP contribution in [-0.4, -0.2) is 60.9 Å². The molecule has 0 fully saturated rings. The Morgan fingerprint density at radius 1 is 1.36 bits per heavy atom. The molecule has 0 atom stereocenters. The van der Waals surface area contributed by atoms with Crippen LogP contribution in [0, 0.1) is 0 Å². The molecule has 0 aromatic heterocycles. The van der Waals surface area contributed by atoms with Crippen LogP contribution in [0.4, 0.5) is 0 Å². The van der Waals surface area contributed by atoms with Gasteiger partial charge in [-0.1, -0.05) is 0 Å². The van der Waals surface area contributed by atoms with Gasteiger partial charge >= 0.3 is 0 Å². The van der Waals surface area contributed by atoms with Crippen molar-refractivity contribution in [3.8, 4) is 0 Å². The summed E-state index contributed by atoms with van der Waals surface area (Å²) in [6.45, 7) is 0.460. The summed E-state index contributed by atoms with van der Waals surface area (Å²) in [6, 6.07) is -0.274. The third-order valence-electron chi connectivity index (χ3n) is 1.94. The first-order chi connectivity index (χ1) is 6.61. The zero-order valence-corrected chi connectivity index (χ0v) is 8.86. The predicted octanol–water partition coefficient (Wildman–Crippen LogP) is -1.20. The van der Waals surface area contributed by atoms with Crippen molar-refractivity contribution >= 4 is 5.91 Å². The lowest BCUT2D eigenvalue weighted by molar-refractivity contribution is -0.128. The van der Waals surface area contributed by atoms with Gasteiger partial charge in [0.2, 0.25) is 5.91 Å². The highest BCUT2D eigenvalue weighted by Crippen LogP contribution is 1.92. The first kappa shape index (κ1) is 13.4. The number of hydrogen-bond donors (Lipinski definition) is 3. The Morgan fingerprint density at radius 2 is 1.93 bits per heavy atom. The predicted molar refractivity (Wildman–Crippen MR) is 53.9 cm³/mol. The molecule has 0 saturated heterocycles. The SMILES string of the molecule is CN(C)C(=O)CCCNC(CO)CO. The van der Waals surface area contributed by atoms with Crippen LogP contribution in [0.5, 0.6) is 0 Å². The van der Waals surface area contributed by atoms with E-state index in [2.05, 4.69) is 5.32 Å². The molecule has 0 spiro atoms. The monoisotopic (exact) mass is 204 g/mol. The standard InChI is InChI=1S/C9H20N2O3/c1-11(2)9(14)4-3-5-10-8(6-12)7-13/h8,10,12-13H,3-7H2,1-2H3. The number of hydrogen-bond acceptors (Lipinski definition) is 4. The molecule has 0 rings (SSSR count). The molecule has 0 aliphatic carbocycles. The summed E-state index contributed by atoms with van der Waals surface area (Å²) in [6.07, 6.45) is 1.21. The first-order valence-electron chi connectivity index (χ1n) is 4.77. The highest BCUT2D eigenvalue weighted by Gasteiger charge is 2.05. The van der Waals surface area contributed by atoms with Gasteiger partial charge in [0, 0.05) is 20.5 Å². The third-order valence-corrected chi connectivity index (χ3v) is 1.94. The second kappa shape index (κ2) is 7.73. The third kappa shape index (κ3) is 5.90. The molecular formula is C9H20N2O3. The Balaban J connectivity index is 3.41. The summed E-state index contributed by atoms with van der Waals surface area (Å²) < 4.78 is 0. The van der Waals surface area contributed by atoms with Crippen LogP contribution in [0.3, 0.4) is 0 Å². The second-order valence-electron chi connectivity index (χ2n) is 3.41. The molecule has 0 bridgehead atoms. The van der Waals surface area contributed by atoms with E-state index in [1.807, 2.05) is 0 Å². The summed E-state index contributed by atoms with van der Waals surface area (Å²) in [5.74, 6) is 0.0938. The molecule has 3 N–H and O–H groups in total. The van der Waals surface area contributed by atoms with Crippen LogP contribution in [0.1, 0.15) is 12.8 Å². The van der Waals surface area contributed by atoms with Crippen molar-refractivity contribution in [3.63, 3.8) is 0 Å². The quantitative estimate of drug-likeness (QED) is 0.455. The van der Waals surface area contributed by atoms with Gasteiger partial charge in [0.05, 0.1) is 19.3 Å². The van der Waals surface area contributed by atoms with E-state index in [-0.39, 0.29) is 25.2 Å². The van der Waals surface area contributed by atoms with E-state index in [0.717, 1.165) is 0 Å². The normalized spacial score (nSPS) is 10.6. The highest BCUT2D eigenvalue weighted by atomic mass is 16.3. The number of nitrogens with zero attached hydrogens (tertiary/aromatic N) is 1. The van der Waals surface area contributed by atoms with E-state index in [1.54, 1.807) is 19.0 Å². The number of rotatable bonds is 7. The average molecular weight is 204 g/mol. The second-order valence-corrected chi connectivity index (χ2v) is 3.41. The van der Waals surface area contributed by atoms with Crippen LogP contribution >= 0.6 is 0 Å². The maximum atomic E-state index is 11.1. The number of aliphatic hydroxyl groups is 2. The molecule has 5 nitrogen and oxygen atoms in total. The Hall–Kier alpha value is -0.650. The van der Waals surface area contributed by atoms with Gasteiger partial charge < -0.3 is 20.4 Å². The fourth-order valence-corrected chi connectivity index (χ4v) is 0.956. The fraction of sp³-hybridized carbons (Fsp3) is 0.889. The molecular weight excluding hydrogens is 184 g/mol. The number of nitrogens with one attached hydrogen (secondary N) is 1. The van der Waals surface area contributed by atoms with Gasteiger partial charge in [-0.3, -0.25) is 4.79 Å². The van der Waals surface area contributed by atoms with E-state index in [0.29, 0.717) is 19.4 Å². The maximum Gasteiger partial charge on any atom is 0.222 e. The van der Waals surface area contributed by atoms with E-state index in [4.69, 9.17) is 10.2 Å². The molecule has 0 aliphatic rings. The molecule has 0 heterocycles. The van der Waals surface area contributed by atoms with Gasteiger partial charge in [-0.25, -0.2) is 0 Å². The fourth-order valence-electron chi connectivity index (χ4n) is 0.956. The number of carbonyl (C=O) groups excluding carboxylic acids is 1. The number of carbonyl (C=O) groups is 1. The van der Waals surface area contributed by atoms with Gasteiger partial charge in [-0.2, -0.15) is 0 Å². The smallest absolute Gasteiger partial charge is 0.222 e. The largest absolute Gasteiger partial charge is 0.395 e. The molecule has 0 unspecified atom stereocenters. The summed E-state index contributed by atoms with van der Waals surface area (Å²) >= 11 is 0. The van der Waals surface area contributed by atoms with Gasteiger partial charge in [-0.05, 0) is 13.0 Å². The van der Waals surface area contributed by atoms with Crippen molar-refractivity contribution in [2.75, 3.05) is 33.9 Å². The summed E-state index contributed by atoms with van der Waals surface area (Å²) in [4.78, 5) is 12.7. The maximum absolute atomic E-state index is 11.1. The molecule has 0 radical (unpaired) electrons. The minimum atomic E-state index is -0.274. The molecule has 0 aromatic carbocycles. The van der Waals surface area contributed by atoms with Gasteiger partial charge in [-0.15, -0.1) is 0 Å². The minimum Gasteiger partial charge on any atom is -0.395 e. The molecule has 84 valence electrons. The lowest BCUT2D eigenvalue weighted by Gasteiger charge is -2.13. The average Bonchev–Trinajstić information content (AvgIpc) is 2.17. The van der Waals surface area contributed by atoms with E-state index >= 15 is 0 Å². The van der Waals surface area contributed by atoms with Crippen molar-refractivity contribution in [1.29, 1.82) is 0 Å². The summed E-state index contributed by atoms with van der Waals surface area (Å²) in [5, 5.41) is 20.4. The van der Waals surface area contributed by atoms with Gasteiger partial charge in [0.1, 0.15) is 0 Å². The van der Waals surface area contributed by atoms with Crippen LogP contribution < -0.4 is 5.32 Å². The first-order valence-corrected chi connectivity index (χ1v) is 4.77. The Morgan fingerprint density at radius 3 is 2.36 bits per heavy atom. The van der Waals surface area contributed by atoms with Crippen LogP contribution in [0.2, 0.25) is 0 Å². The van der Waals surface area contributed by atoms with Crippen LogP contribution in [-0.2, 0) is 4.79 Å². The van der Waals surface area contributed by atoms with E-state index in [1.165, 1.54) is 0 Å². The Bertz CT molecular complexity index is 158. The molecule has 1 amide bonds. The topological polar surface area (TPSA) is 72.8 Å². The molecule has 0 aromatic rings. The lowest BCUT2D eigenvalue weighted by atomic mass is 10.2. The molecule has 0 aliphatic heterocycles. The zero-order valence-electron chi connectivity index (χ0n) is 8.86. The highest BCUT2D eigenvalue weighted by molar-refractivity contribution is 5.75. The summed E-state index contributed by atoms with van der Waals surface area (Å²) in [7, 11) is 3.44. The molecule has 5 heteroatoms. The Kier molecular flexibility index (Phi) is 7.37. The van der Waals surface area contributed by atoms with Crippen molar-refractivity contribution in [3.05, 3.63) is 0 Å². The van der Waals surface area contributed by atoms with Crippen LogP contribution in [0.25, 0.3) is 0 Å². The van der Waals surface area contributed by atoms with Crippen molar-refractivity contribution in [2.45, 2.75) is 18.9 Å².